The van der Waals surface area contributed by atoms with Crippen molar-refractivity contribution in [3.8, 4) is 11.8 Å². The minimum atomic E-state index is -0.0968. The van der Waals surface area contributed by atoms with Gasteiger partial charge in [0.05, 0.1) is 11.2 Å². The lowest BCUT2D eigenvalue weighted by Crippen LogP contribution is -2.56. The van der Waals surface area contributed by atoms with E-state index in [1.807, 2.05) is 18.2 Å². The zero-order valence-electron chi connectivity index (χ0n) is 17.4. The van der Waals surface area contributed by atoms with E-state index in [1.54, 1.807) is 35.9 Å². The number of nitrogens with zero attached hydrogens (tertiary/aromatic N) is 5. The first-order valence-corrected chi connectivity index (χ1v) is 10.1. The molecule has 1 aromatic carbocycles. The SMILES string of the molecule is C[C@@H]1CN(c2cc(=O)n(C)c3ccc(C#N)nc23)[C@@H](C)CN1Cc1ccccc1O. The van der Waals surface area contributed by atoms with Crippen LogP contribution in [0.1, 0.15) is 25.1 Å². The molecule has 4 rings (SSSR count). The Morgan fingerprint density at radius 3 is 2.67 bits per heavy atom. The number of phenols is 1. The van der Waals surface area contributed by atoms with E-state index in [-0.39, 0.29) is 17.6 Å². The summed E-state index contributed by atoms with van der Waals surface area (Å²) >= 11 is 0. The van der Waals surface area contributed by atoms with Gasteiger partial charge in [0.1, 0.15) is 23.0 Å². The van der Waals surface area contributed by atoms with Crippen LogP contribution in [-0.2, 0) is 13.6 Å². The van der Waals surface area contributed by atoms with E-state index < -0.39 is 0 Å². The molecule has 7 nitrogen and oxygen atoms in total. The predicted octanol–water partition coefficient (Wildman–Crippen LogP) is 2.61. The van der Waals surface area contributed by atoms with Crippen molar-refractivity contribution in [2.24, 2.45) is 7.05 Å². The van der Waals surface area contributed by atoms with Crippen LogP contribution >= 0.6 is 0 Å². The number of rotatable bonds is 3. The van der Waals surface area contributed by atoms with Gasteiger partial charge in [-0.1, -0.05) is 18.2 Å². The highest BCUT2D eigenvalue weighted by atomic mass is 16.3. The van der Waals surface area contributed by atoms with Crippen LogP contribution < -0.4 is 10.5 Å². The summed E-state index contributed by atoms with van der Waals surface area (Å²) < 4.78 is 1.56. The molecule has 154 valence electrons. The topological polar surface area (TPSA) is 85.4 Å². The van der Waals surface area contributed by atoms with Crippen LogP contribution in [0, 0.1) is 11.3 Å². The van der Waals surface area contributed by atoms with E-state index in [0.29, 0.717) is 29.0 Å². The zero-order valence-corrected chi connectivity index (χ0v) is 17.4. The highest BCUT2D eigenvalue weighted by Crippen LogP contribution is 2.30. The first-order valence-electron chi connectivity index (χ1n) is 10.1. The summed E-state index contributed by atoms with van der Waals surface area (Å²) in [4.78, 5) is 21.7. The fraction of sp³-hybridized carbons (Fsp3) is 0.348. The van der Waals surface area contributed by atoms with E-state index in [0.717, 1.165) is 24.3 Å². The third-order valence-electron chi connectivity index (χ3n) is 5.97. The first-order chi connectivity index (χ1) is 14.4. The van der Waals surface area contributed by atoms with Gasteiger partial charge in [-0.15, -0.1) is 0 Å². The van der Waals surface area contributed by atoms with E-state index in [1.165, 1.54) is 0 Å². The van der Waals surface area contributed by atoms with Crippen LogP contribution in [0.3, 0.4) is 0 Å². The third kappa shape index (κ3) is 3.51. The minimum Gasteiger partial charge on any atom is -0.508 e. The molecule has 3 aromatic rings. The van der Waals surface area contributed by atoms with Crippen molar-refractivity contribution in [1.82, 2.24) is 14.5 Å². The molecule has 0 amide bonds. The average Bonchev–Trinajstić information content (AvgIpc) is 2.74. The van der Waals surface area contributed by atoms with Gasteiger partial charge in [-0.2, -0.15) is 5.26 Å². The van der Waals surface area contributed by atoms with Gasteiger partial charge in [-0.25, -0.2) is 4.98 Å². The molecule has 0 bridgehead atoms. The molecule has 2 aromatic heterocycles. The lowest BCUT2D eigenvalue weighted by atomic mass is 10.0. The fourth-order valence-corrected chi connectivity index (χ4v) is 4.21. The van der Waals surface area contributed by atoms with E-state index in [9.17, 15) is 15.2 Å². The molecule has 0 spiro atoms. The van der Waals surface area contributed by atoms with Crippen LogP contribution in [0.15, 0.2) is 47.3 Å². The number of hydrogen-bond donors (Lipinski definition) is 1. The quantitative estimate of drug-likeness (QED) is 0.724. The van der Waals surface area contributed by atoms with Gasteiger partial charge in [-0.3, -0.25) is 9.69 Å². The Kier molecular flexibility index (Phi) is 5.18. The number of piperazine rings is 1. The number of aryl methyl sites for hydroxylation is 1. The Hall–Kier alpha value is -3.37. The van der Waals surface area contributed by atoms with Gasteiger partial charge < -0.3 is 14.6 Å². The van der Waals surface area contributed by atoms with Crippen molar-refractivity contribution >= 4 is 16.7 Å². The molecule has 0 unspecified atom stereocenters. The molecule has 7 heteroatoms. The Labute approximate surface area is 175 Å². The van der Waals surface area contributed by atoms with Gasteiger partial charge >= 0.3 is 0 Å². The summed E-state index contributed by atoms with van der Waals surface area (Å²) in [6, 6.07) is 14.9. The molecule has 3 heterocycles. The molecule has 0 saturated carbocycles. The molecule has 1 N–H and O–H groups in total. The Morgan fingerprint density at radius 1 is 1.17 bits per heavy atom. The smallest absolute Gasteiger partial charge is 0.252 e. The Bertz CT molecular complexity index is 1200. The molecule has 1 saturated heterocycles. The zero-order chi connectivity index (χ0) is 21.4. The maximum Gasteiger partial charge on any atom is 0.252 e. The van der Waals surface area contributed by atoms with Crippen molar-refractivity contribution in [1.29, 1.82) is 5.26 Å². The lowest BCUT2D eigenvalue weighted by molar-refractivity contribution is 0.156. The Balaban J connectivity index is 1.68. The maximum atomic E-state index is 12.6. The molecule has 0 aliphatic carbocycles. The van der Waals surface area contributed by atoms with E-state index in [2.05, 4.69) is 34.7 Å². The molecular formula is C23H25N5O2. The van der Waals surface area contributed by atoms with Gasteiger partial charge in [0.25, 0.3) is 5.56 Å². The van der Waals surface area contributed by atoms with Crippen LogP contribution in [0.5, 0.6) is 5.75 Å². The van der Waals surface area contributed by atoms with Crippen molar-refractivity contribution in [3.05, 3.63) is 64.1 Å². The number of aromatic hydroxyl groups is 1. The van der Waals surface area contributed by atoms with E-state index >= 15 is 0 Å². The highest BCUT2D eigenvalue weighted by Gasteiger charge is 2.31. The predicted molar refractivity (Wildman–Crippen MR) is 116 cm³/mol. The highest BCUT2D eigenvalue weighted by molar-refractivity contribution is 5.89. The Morgan fingerprint density at radius 2 is 1.93 bits per heavy atom. The second-order valence-corrected chi connectivity index (χ2v) is 8.01. The number of pyridine rings is 2. The second-order valence-electron chi connectivity index (χ2n) is 8.01. The van der Waals surface area contributed by atoms with Crippen molar-refractivity contribution in [3.63, 3.8) is 0 Å². The van der Waals surface area contributed by atoms with Crippen LogP contribution in [0.2, 0.25) is 0 Å². The number of anilines is 1. The molecule has 2 atom stereocenters. The van der Waals surface area contributed by atoms with Gasteiger partial charge in [0.2, 0.25) is 0 Å². The molecule has 0 radical (unpaired) electrons. The summed E-state index contributed by atoms with van der Waals surface area (Å²) in [5.74, 6) is 0.311. The lowest BCUT2D eigenvalue weighted by Gasteiger charge is -2.45. The number of hydrogen-bond acceptors (Lipinski definition) is 6. The minimum absolute atomic E-state index is 0.0968. The summed E-state index contributed by atoms with van der Waals surface area (Å²) in [6.07, 6.45) is 0. The van der Waals surface area contributed by atoms with Crippen molar-refractivity contribution in [2.45, 2.75) is 32.5 Å². The molecular weight excluding hydrogens is 378 g/mol. The van der Waals surface area contributed by atoms with Crippen LogP contribution in [-0.4, -0.2) is 44.7 Å². The third-order valence-corrected chi connectivity index (χ3v) is 5.97. The molecule has 30 heavy (non-hydrogen) atoms. The van der Waals surface area contributed by atoms with E-state index in [4.69, 9.17) is 0 Å². The maximum absolute atomic E-state index is 12.6. The number of phenolic OH excluding ortho intramolecular Hbond substituents is 1. The van der Waals surface area contributed by atoms with Crippen LogP contribution in [0.25, 0.3) is 11.0 Å². The van der Waals surface area contributed by atoms with Crippen molar-refractivity contribution < 1.29 is 5.11 Å². The summed E-state index contributed by atoms with van der Waals surface area (Å²) in [7, 11) is 1.72. The van der Waals surface area contributed by atoms with Gasteiger partial charge in [0, 0.05) is 50.4 Å². The number of nitriles is 1. The summed E-state index contributed by atoms with van der Waals surface area (Å²) in [6.45, 7) is 6.44. The first kappa shape index (κ1) is 19.9. The number of para-hydroxylation sites is 1. The van der Waals surface area contributed by atoms with Gasteiger partial charge in [0.15, 0.2) is 0 Å². The number of fused-ring (bicyclic) bond motifs is 1. The second kappa shape index (κ2) is 7.81. The normalized spacial score (nSPS) is 19.7. The number of aromatic nitrogens is 2. The molecule has 1 aliphatic rings. The summed E-state index contributed by atoms with van der Waals surface area (Å²) in [5.41, 5.74) is 3.30. The molecule has 1 fully saturated rings. The van der Waals surface area contributed by atoms with Crippen LogP contribution in [0.4, 0.5) is 5.69 Å². The standard InChI is InChI=1S/C23H25N5O2/c1-15-13-28(16(2)12-27(15)14-17-6-4-5-7-21(17)29)20-10-22(30)26(3)19-9-8-18(11-24)25-23(19)20/h4-10,15-16,29H,12-14H2,1-3H3/t15-,16+/m1/s1. The average molecular weight is 403 g/mol. The fourth-order valence-electron chi connectivity index (χ4n) is 4.21. The monoisotopic (exact) mass is 403 g/mol. The number of benzene rings is 1. The summed E-state index contributed by atoms with van der Waals surface area (Å²) in [5, 5.41) is 19.4. The van der Waals surface area contributed by atoms with Gasteiger partial charge in [-0.05, 0) is 32.0 Å². The van der Waals surface area contributed by atoms with Crippen molar-refractivity contribution in [2.75, 3.05) is 18.0 Å². The largest absolute Gasteiger partial charge is 0.508 e. The molecule has 1 aliphatic heterocycles.